The van der Waals surface area contributed by atoms with Crippen LogP contribution in [0.15, 0.2) is 234 Å². The molecular formula is C62H37NOS2. The van der Waals surface area contributed by atoms with Crippen molar-refractivity contribution in [2.75, 3.05) is 4.90 Å². The molecule has 0 bridgehead atoms. The Hall–Kier alpha value is -7.63. The van der Waals surface area contributed by atoms with E-state index in [4.69, 9.17) is 4.74 Å². The predicted octanol–water partition coefficient (Wildman–Crippen LogP) is 16.8. The fourth-order valence-electron chi connectivity index (χ4n) is 12.4. The Labute approximate surface area is 391 Å². The third-order valence-electron chi connectivity index (χ3n) is 14.8. The molecule has 1 aromatic heterocycles. The van der Waals surface area contributed by atoms with Gasteiger partial charge >= 0.3 is 0 Å². The molecule has 11 aromatic rings. The van der Waals surface area contributed by atoms with Crippen molar-refractivity contribution in [2.45, 2.75) is 20.6 Å². The van der Waals surface area contributed by atoms with Gasteiger partial charge in [0.25, 0.3) is 0 Å². The quantitative estimate of drug-likeness (QED) is 0.175. The van der Waals surface area contributed by atoms with Gasteiger partial charge in [0.05, 0.1) is 26.9 Å². The van der Waals surface area contributed by atoms with Crippen molar-refractivity contribution in [3.05, 3.63) is 269 Å². The van der Waals surface area contributed by atoms with Gasteiger partial charge in [-0.1, -0.05) is 182 Å². The summed E-state index contributed by atoms with van der Waals surface area (Å²) in [5, 5.41) is 2.56. The molecule has 4 aliphatic rings. The number of rotatable bonds is 3. The van der Waals surface area contributed by atoms with Crippen LogP contribution >= 0.6 is 23.1 Å². The van der Waals surface area contributed by atoms with Gasteiger partial charge in [-0.05, 0) is 105 Å². The maximum Gasteiger partial charge on any atom is 0.132 e. The molecular weight excluding hydrogens is 839 g/mol. The second kappa shape index (κ2) is 13.5. The molecule has 15 rings (SSSR count). The highest BCUT2D eigenvalue weighted by Gasteiger charge is 2.53. The average Bonchev–Trinajstić information content (AvgIpc) is 4.00. The molecule has 4 heteroatoms. The zero-order chi connectivity index (χ0) is 43.1. The van der Waals surface area contributed by atoms with E-state index in [2.05, 4.69) is 229 Å². The van der Waals surface area contributed by atoms with Crippen LogP contribution in [0.1, 0.15) is 44.5 Å². The van der Waals surface area contributed by atoms with E-state index >= 15 is 0 Å². The van der Waals surface area contributed by atoms with Crippen molar-refractivity contribution in [3.8, 4) is 33.8 Å². The average molecular weight is 876 g/mol. The summed E-state index contributed by atoms with van der Waals surface area (Å²) in [6.45, 7) is 0. The predicted molar refractivity (Wildman–Crippen MR) is 273 cm³/mol. The Kier molecular flexibility index (Phi) is 7.48. The van der Waals surface area contributed by atoms with Gasteiger partial charge < -0.3 is 9.64 Å². The fraction of sp³-hybridized carbons (Fsp3) is 0.0323. The van der Waals surface area contributed by atoms with E-state index in [1.54, 1.807) is 0 Å². The van der Waals surface area contributed by atoms with E-state index in [1.165, 1.54) is 85.6 Å². The molecule has 66 heavy (non-hydrogen) atoms. The van der Waals surface area contributed by atoms with Gasteiger partial charge in [0.15, 0.2) is 0 Å². The van der Waals surface area contributed by atoms with Gasteiger partial charge in [0.2, 0.25) is 0 Å². The van der Waals surface area contributed by atoms with Gasteiger partial charge in [-0.15, -0.1) is 11.3 Å². The molecule has 2 aliphatic carbocycles. The first-order chi connectivity index (χ1) is 32.7. The lowest BCUT2D eigenvalue weighted by atomic mass is 9.66. The van der Waals surface area contributed by atoms with Crippen molar-refractivity contribution in [3.63, 3.8) is 0 Å². The standard InChI is InChI=1S/C62H37NOS2/c1-4-21-44-39(17-1)40-36-35-38(37-51(40)61(44)46-23-6-10-30-54(46)64-55-31-11-7-24-47(55)61)63(53-29-15-20-42-41-18-3-12-32-56(41)66-60(42)53)52-28-16-27-50-59(52)43-19-2-5-22-45(43)62(50)48-25-8-13-33-57(48)65-58-34-14-9-26-49(58)62/h1-37H. The molecule has 0 saturated carbocycles. The monoisotopic (exact) mass is 875 g/mol. The van der Waals surface area contributed by atoms with E-state index < -0.39 is 10.8 Å². The lowest BCUT2D eigenvalue weighted by Crippen LogP contribution is -2.32. The van der Waals surface area contributed by atoms with Crippen LogP contribution in [-0.4, -0.2) is 0 Å². The fourth-order valence-corrected chi connectivity index (χ4v) is 14.8. The summed E-state index contributed by atoms with van der Waals surface area (Å²) in [5.41, 5.74) is 17.5. The molecule has 308 valence electrons. The summed E-state index contributed by atoms with van der Waals surface area (Å²) in [5.74, 6) is 1.79. The minimum absolute atomic E-state index is 0.505. The van der Waals surface area contributed by atoms with Crippen LogP contribution in [0.5, 0.6) is 11.5 Å². The van der Waals surface area contributed by atoms with Crippen LogP contribution in [0.4, 0.5) is 17.1 Å². The molecule has 0 radical (unpaired) electrons. The number of thiophene rings is 1. The van der Waals surface area contributed by atoms with Crippen molar-refractivity contribution in [1.82, 2.24) is 0 Å². The first-order valence-corrected chi connectivity index (χ1v) is 24.3. The number of hydrogen-bond acceptors (Lipinski definition) is 4. The van der Waals surface area contributed by atoms with E-state index in [9.17, 15) is 0 Å². The number of fused-ring (bicyclic) bond motifs is 21. The van der Waals surface area contributed by atoms with Crippen LogP contribution < -0.4 is 9.64 Å². The summed E-state index contributed by atoms with van der Waals surface area (Å²) < 4.78 is 9.32. The highest BCUT2D eigenvalue weighted by atomic mass is 32.2. The molecule has 3 heterocycles. The first-order valence-electron chi connectivity index (χ1n) is 22.7. The summed E-state index contributed by atoms with van der Waals surface area (Å²) in [7, 11) is 0. The Morgan fingerprint density at radius 1 is 0.364 bits per heavy atom. The third kappa shape index (κ3) is 4.57. The minimum atomic E-state index is -0.606. The second-order valence-electron chi connectivity index (χ2n) is 17.8. The molecule has 2 nitrogen and oxygen atoms in total. The second-order valence-corrected chi connectivity index (χ2v) is 19.9. The smallest absolute Gasteiger partial charge is 0.132 e. The molecule has 2 spiro atoms. The maximum atomic E-state index is 6.77. The summed E-state index contributed by atoms with van der Waals surface area (Å²) in [6, 6.07) is 83.8. The molecule has 10 aromatic carbocycles. The Morgan fingerprint density at radius 2 is 0.879 bits per heavy atom. The summed E-state index contributed by atoms with van der Waals surface area (Å²) in [4.78, 5) is 5.20. The lowest BCUT2D eigenvalue weighted by Gasteiger charge is -2.40. The van der Waals surface area contributed by atoms with Crippen LogP contribution in [-0.2, 0) is 10.8 Å². The van der Waals surface area contributed by atoms with Crippen molar-refractivity contribution >= 4 is 60.3 Å². The van der Waals surface area contributed by atoms with Gasteiger partial charge in [-0.2, -0.15) is 0 Å². The zero-order valence-corrected chi connectivity index (χ0v) is 37.2. The SMILES string of the molecule is c1ccc2c(c1)Oc1ccccc1C21c2ccccc2-c2ccc(N(c3cccc4c3-c3ccccc3C43c4ccccc4Sc4ccccc43)c3cccc4c3sc3ccccc34)cc21. The van der Waals surface area contributed by atoms with E-state index in [-0.39, 0.29) is 0 Å². The van der Waals surface area contributed by atoms with E-state index in [0.29, 0.717) is 0 Å². The number of nitrogens with zero attached hydrogens (tertiary/aromatic N) is 1. The molecule has 2 aliphatic heterocycles. The number of hydrogen-bond donors (Lipinski definition) is 0. The normalized spacial score (nSPS) is 14.7. The molecule has 0 N–H and O–H groups in total. The van der Waals surface area contributed by atoms with Gasteiger partial charge in [0, 0.05) is 47.6 Å². The van der Waals surface area contributed by atoms with Crippen molar-refractivity contribution in [1.29, 1.82) is 0 Å². The van der Waals surface area contributed by atoms with Crippen LogP contribution in [0, 0.1) is 0 Å². The number of benzene rings is 10. The number of anilines is 3. The topological polar surface area (TPSA) is 12.5 Å². The van der Waals surface area contributed by atoms with E-state index in [0.717, 1.165) is 39.7 Å². The largest absolute Gasteiger partial charge is 0.457 e. The highest BCUT2D eigenvalue weighted by Crippen LogP contribution is 2.66. The lowest BCUT2D eigenvalue weighted by molar-refractivity contribution is 0.436. The molecule has 0 fully saturated rings. The first kappa shape index (κ1) is 36.7. The van der Waals surface area contributed by atoms with Crippen molar-refractivity contribution in [2.24, 2.45) is 0 Å². The van der Waals surface area contributed by atoms with Crippen LogP contribution in [0.25, 0.3) is 42.4 Å². The Morgan fingerprint density at radius 3 is 1.62 bits per heavy atom. The number of ether oxygens (including phenoxy) is 1. The molecule has 0 saturated heterocycles. The highest BCUT2D eigenvalue weighted by molar-refractivity contribution is 7.99. The maximum absolute atomic E-state index is 6.77. The minimum Gasteiger partial charge on any atom is -0.457 e. The Balaban J connectivity index is 1.07. The van der Waals surface area contributed by atoms with Crippen LogP contribution in [0.3, 0.4) is 0 Å². The third-order valence-corrected chi connectivity index (χ3v) is 17.2. The summed E-state index contributed by atoms with van der Waals surface area (Å²) >= 11 is 3.77. The Bertz CT molecular complexity index is 3790. The molecule has 0 amide bonds. The van der Waals surface area contributed by atoms with Crippen molar-refractivity contribution < 1.29 is 4.74 Å². The van der Waals surface area contributed by atoms with Crippen LogP contribution in [0.2, 0.25) is 0 Å². The number of para-hydroxylation sites is 2. The summed E-state index contributed by atoms with van der Waals surface area (Å²) in [6.07, 6.45) is 0. The molecule has 0 atom stereocenters. The van der Waals surface area contributed by atoms with Gasteiger partial charge in [-0.25, -0.2) is 0 Å². The van der Waals surface area contributed by atoms with Gasteiger partial charge in [-0.3, -0.25) is 0 Å². The zero-order valence-electron chi connectivity index (χ0n) is 35.5. The molecule has 0 unspecified atom stereocenters. The van der Waals surface area contributed by atoms with Gasteiger partial charge in [0.1, 0.15) is 11.5 Å². The van der Waals surface area contributed by atoms with E-state index in [1.807, 2.05) is 23.1 Å².